The number of halogens is 1. The number of thioether (sulfide) groups is 2. The molecule has 1 aromatic heterocycles. The zero-order valence-corrected chi connectivity index (χ0v) is 17.4. The van der Waals surface area contributed by atoms with Crippen LogP contribution in [0, 0.1) is 0 Å². The zero-order valence-electron chi connectivity index (χ0n) is 14.2. The highest BCUT2D eigenvalue weighted by molar-refractivity contribution is 8.03. The largest absolute Gasteiger partial charge is 0.495 e. The average Bonchev–Trinajstić information content (AvgIpc) is 3.02. The van der Waals surface area contributed by atoms with Gasteiger partial charge in [-0.1, -0.05) is 59.8 Å². The lowest BCUT2D eigenvalue weighted by Crippen LogP contribution is -2.22. The van der Waals surface area contributed by atoms with E-state index in [0.29, 0.717) is 16.5 Å². The van der Waals surface area contributed by atoms with E-state index in [4.69, 9.17) is 16.3 Å². The van der Waals surface area contributed by atoms with Crippen LogP contribution in [0.5, 0.6) is 5.75 Å². The highest BCUT2D eigenvalue weighted by Crippen LogP contribution is 2.32. The topological polar surface area (TPSA) is 64.1 Å². The molecule has 1 N–H and O–H groups in total. The zero-order chi connectivity index (χ0) is 18.2. The maximum Gasteiger partial charge on any atom is 0.237 e. The highest BCUT2D eigenvalue weighted by atomic mass is 35.5. The fourth-order valence-electron chi connectivity index (χ4n) is 1.80. The molecule has 0 radical (unpaired) electrons. The molecule has 9 heteroatoms. The molecule has 0 aliphatic rings. The van der Waals surface area contributed by atoms with Crippen molar-refractivity contribution in [3.05, 3.63) is 23.2 Å². The van der Waals surface area contributed by atoms with E-state index < -0.39 is 0 Å². The molecule has 136 valence electrons. The predicted molar refractivity (Wildman–Crippen MR) is 107 cm³/mol. The van der Waals surface area contributed by atoms with Crippen molar-refractivity contribution >= 4 is 58.1 Å². The normalized spacial score (nSPS) is 12.0. The van der Waals surface area contributed by atoms with Crippen LogP contribution in [0.3, 0.4) is 0 Å². The van der Waals surface area contributed by atoms with Gasteiger partial charge in [0.15, 0.2) is 8.68 Å². The Bertz CT molecular complexity index is 712. The van der Waals surface area contributed by atoms with E-state index in [1.165, 1.54) is 29.5 Å². The number of nitrogens with zero attached hydrogens (tertiary/aromatic N) is 2. The average molecular weight is 418 g/mol. The monoisotopic (exact) mass is 417 g/mol. The third-order valence-corrected chi connectivity index (χ3v) is 6.80. The molecule has 0 saturated heterocycles. The van der Waals surface area contributed by atoms with Gasteiger partial charge in [-0.2, -0.15) is 0 Å². The van der Waals surface area contributed by atoms with Crippen molar-refractivity contribution in [2.45, 2.75) is 40.6 Å². The summed E-state index contributed by atoms with van der Waals surface area (Å²) in [5, 5.41) is 11.3. The molecule has 5 nitrogen and oxygen atoms in total. The van der Waals surface area contributed by atoms with Crippen molar-refractivity contribution in [3.8, 4) is 5.75 Å². The van der Waals surface area contributed by atoms with E-state index in [2.05, 4.69) is 22.4 Å². The number of hydrogen-bond donors (Lipinski definition) is 1. The molecular formula is C16H20ClN3O2S3. The quantitative estimate of drug-likeness (QED) is 0.446. The second-order valence-electron chi connectivity index (χ2n) is 5.13. The summed E-state index contributed by atoms with van der Waals surface area (Å²) in [6.07, 6.45) is 2.33. The van der Waals surface area contributed by atoms with Crippen LogP contribution in [-0.4, -0.2) is 34.2 Å². The van der Waals surface area contributed by atoms with E-state index in [1.807, 2.05) is 6.92 Å². The summed E-state index contributed by atoms with van der Waals surface area (Å²) in [5.41, 5.74) is 0.635. The Morgan fingerprint density at radius 1 is 1.40 bits per heavy atom. The minimum Gasteiger partial charge on any atom is -0.495 e. The third-order valence-electron chi connectivity index (χ3n) is 3.18. The Balaban J connectivity index is 1.88. The van der Waals surface area contributed by atoms with E-state index in [9.17, 15) is 4.79 Å². The second kappa shape index (κ2) is 10.3. The van der Waals surface area contributed by atoms with Crippen LogP contribution < -0.4 is 10.1 Å². The van der Waals surface area contributed by atoms with Crippen LogP contribution in [-0.2, 0) is 4.79 Å². The lowest BCUT2D eigenvalue weighted by molar-refractivity contribution is -0.115. The summed E-state index contributed by atoms with van der Waals surface area (Å²) in [4.78, 5) is 12.3. The lowest BCUT2D eigenvalue weighted by Gasteiger charge is -2.11. The van der Waals surface area contributed by atoms with E-state index >= 15 is 0 Å². The van der Waals surface area contributed by atoms with Gasteiger partial charge in [-0.25, -0.2) is 0 Å². The third kappa shape index (κ3) is 6.36. The Morgan fingerprint density at radius 2 is 2.16 bits per heavy atom. The Morgan fingerprint density at radius 3 is 2.84 bits per heavy atom. The van der Waals surface area contributed by atoms with Crippen LogP contribution in [0.4, 0.5) is 5.69 Å². The molecule has 2 rings (SSSR count). The molecule has 0 spiro atoms. The van der Waals surface area contributed by atoms with Gasteiger partial charge in [0.2, 0.25) is 5.91 Å². The number of carbonyl (C=O) groups excluding carboxylic acids is 1. The smallest absolute Gasteiger partial charge is 0.237 e. The molecule has 0 bridgehead atoms. The number of anilines is 1. The number of amides is 1. The fourth-order valence-corrected chi connectivity index (χ4v) is 5.38. The minimum absolute atomic E-state index is 0.110. The van der Waals surface area contributed by atoms with Gasteiger partial charge in [0.1, 0.15) is 5.75 Å². The van der Waals surface area contributed by atoms with Crippen LogP contribution in [0.1, 0.15) is 26.7 Å². The van der Waals surface area contributed by atoms with Crippen molar-refractivity contribution in [1.29, 1.82) is 0 Å². The summed E-state index contributed by atoms with van der Waals surface area (Å²) in [5.74, 6) is 1.51. The van der Waals surface area contributed by atoms with Gasteiger partial charge >= 0.3 is 0 Å². The highest BCUT2D eigenvalue weighted by Gasteiger charge is 2.18. The number of rotatable bonds is 9. The maximum absolute atomic E-state index is 12.3. The van der Waals surface area contributed by atoms with Crippen molar-refractivity contribution in [2.24, 2.45) is 0 Å². The Kier molecular flexibility index (Phi) is 8.35. The number of hydrogen-bond acceptors (Lipinski definition) is 7. The number of methoxy groups -OCH3 is 1. The number of carbonyl (C=O) groups is 1. The first-order chi connectivity index (χ1) is 12.0. The summed E-state index contributed by atoms with van der Waals surface area (Å²) in [7, 11) is 1.55. The van der Waals surface area contributed by atoms with Crippen LogP contribution in [0.25, 0.3) is 0 Å². The first-order valence-electron chi connectivity index (χ1n) is 7.80. The van der Waals surface area contributed by atoms with Crippen LogP contribution >= 0.6 is 46.5 Å². The summed E-state index contributed by atoms with van der Waals surface area (Å²) >= 11 is 10.7. The molecule has 0 aliphatic carbocycles. The van der Waals surface area contributed by atoms with Gasteiger partial charge in [0.05, 0.1) is 17.4 Å². The number of aromatic nitrogens is 2. The molecule has 0 saturated carbocycles. The molecule has 1 atom stereocenters. The van der Waals surface area contributed by atoms with Crippen LogP contribution in [0.15, 0.2) is 26.9 Å². The van der Waals surface area contributed by atoms with Gasteiger partial charge in [0, 0.05) is 11.4 Å². The van der Waals surface area contributed by atoms with Gasteiger partial charge in [0.25, 0.3) is 0 Å². The second-order valence-corrected chi connectivity index (χ2v) is 9.45. The summed E-state index contributed by atoms with van der Waals surface area (Å²) < 4.78 is 6.85. The number of benzene rings is 1. The Labute approximate surface area is 165 Å². The molecule has 1 heterocycles. The molecule has 2 aromatic rings. The molecule has 0 fully saturated rings. The molecule has 0 unspecified atom stereocenters. The van der Waals surface area contributed by atoms with Gasteiger partial charge in [-0.15, -0.1) is 10.2 Å². The van der Waals surface area contributed by atoms with Crippen LogP contribution in [0.2, 0.25) is 5.02 Å². The molecule has 25 heavy (non-hydrogen) atoms. The maximum atomic E-state index is 12.3. The number of nitrogens with one attached hydrogen (secondary N) is 1. The summed E-state index contributed by atoms with van der Waals surface area (Å²) in [6.45, 7) is 4.01. The fraction of sp³-hybridized carbons (Fsp3) is 0.438. The van der Waals surface area contributed by atoms with Crippen molar-refractivity contribution in [2.75, 3.05) is 18.2 Å². The van der Waals surface area contributed by atoms with Crippen molar-refractivity contribution < 1.29 is 9.53 Å². The first-order valence-corrected chi connectivity index (χ1v) is 10.9. The first kappa shape index (κ1) is 20.4. The van der Waals surface area contributed by atoms with Crippen molar-refractivity contribution in [3.63, 3.8) is 0 Å². The van der Waals surface area contributed by atoms with E-state index in [0.717, 1.165) is 20.9 Å². The minimum atomic E-state index is -0.290. The van der Waals surface area contributed by atoms with Gasteiger partial charge < -0.3 is 10.1 Å². The lowest BCUT2D eigenvalue weighted by atomic mass is 10.3. The van der Waals surface area contributed by atoms with Crippen molar-refractivity contribution in [1.82, 2.24) is 10.2 Å². The molecule has 1 amide bonds. The molecule has 1 aromatic carbocycles. The SMILES string of the molecule is CCCCSc1nnc(S[C@H](C)C(=O)Nc2ccc(OC)c(Cl)c2)s1. The predicted octanol–water partition coefficient (Wildman–Crippen LogP) is 5.21. The van der Waals surface area contributed by atoms with Gasteiger partial charge in [-0.05, 0) is 31.5 Å². The summed E-state index contributed by atoms with van der Waals surface area (Å²) in [6, 6.07) is 5.15. The molecule has 0 aliphatic heterocycles. The Hall–Kier alpha value is -0.960. The standard InChI is InChI=1S/C16H20ClN3O2S3/c1-4-5-8-23-15-19-20-16(25-15)24-10(2)14(21)18-11-6-7-13(22-3)12(17)9-11/h6-7,9-10H,4-5,8H2,1-3H3,(H,18,21)/t10-/m1/s1. The van der Waals surface area contributed by atoms with Gasteiger partial charge in [-0.3, -0.25) is 4.79 Å². The number of unbranched alkanes of at least 4 members (excludes halogenated alkanes) is 1. The molecular weight excluding hydrogens is 398 g/mol. The number of ether oxygens (including phenoxy) is 1. The van der Waals surface area contributed by atoms with E-state index in [1.54, 1.807) is 37.1 Å². The van der Waals surface area contributed by atoms with E-state index in [-0.39, 0.29) is 11.2 Å².